The van der Waals surface area contributed by atoms with Gasteiger partial charge in [-0.25, -0.2) is 4.39 Å². The minimum Gasteiger partial charge on any atom is -0.290 e. The van der Waals surface area contributed by atoms with E-state index in [-0.39, 0.29) is 11.4 Å². The molecule has 0 unspecified atom stereocenters. The van der Waals surface area contributed by atoms with Gasteiger partial charge in [-0.05, 0) is 18.2 Å². The highest BCUT2D eigenvalue weighted by Crippen LogP contribution is 2.04. The van der Waals surface area contributed by atoms with Crippen molar-refractivity contribution in [3.05, 3.63) is 35.6 Å². The summed E-state index contributed by atoms with van der Waals surface area (Å²) in [5.74, 6) is -0.949. The van der Waals surface area contributed by atoms with E-state index in [2.05, 4.69) is 6.07 Å². The van der Waals surface area contributed by atoms with Crippen LogP contribution in [0.4, 0.5) is 4.39 Å². The quantitative estimate of drug-likeness (QED) is 0.319. The third-order valence-corrected chi connectivity index (χ3v) is 1.19. The van der Waals surface area contributed by atoms with Gasteiger partial charge in [0.2, 0.25) is 0 Å². The van der Waals surface area contributed by atoms with Crippen LogP contribution in [0.2, 0.25) is 0 Å². The summed E-state index contributed by atoms with van der Waals surface area (Å²) in [6, 6.07) is 6.41. The molecule has 1 aromatic carbocycles. The molecule has 0 saturated heterocycles. The lowest BCUT2D eigenvalue weighted by Crippen LogP contribution is -2.19. The van der Waals surface area contributed by atoms with Crippen molar-refractivity contribution in [2.45, 2.75) is 0 Å². The van der Waals surface area contributed by atoms with Gasteiger partial charge in [0.15, 0.2) is 5.84 Å². The van der Waals surface area contributed by atoms with Gasteiger partial charge in [-0.15, -0.1) is 0 Å². The van der Waals surface area contributed by atoms with Crippen LogP contribution in [0.15, 0.2) is 18.2 Å². The maximum absolute atomic E-state index is 12.7. The Bertz CT molecular complexity index is 275. The van der Waals surface area contributed by atoms with Gasteiger partial charge < -0.3 is 0 Å². The molecule has 0 aliphatic rings. The molecule has 0 saturated carbocycles. The summed E-state index contributed by atoms with van der Waals surface area (Å²) >= 11 is 0. The maximum atomic E-state index is 12.7. The van der Waals surface area contributed by atoms with E-state index in [1.54, 1.807) is 5.48 Å². The van der Waals surface area contributed by atoms with Crippen molar-refractivity contribution < 1.29 is 9.60 Å². The second kappa shape index (κ2) is 3.12. The summed E-state index contributed by atoms with van der Waals surface area (Å²) in [5.41, 5.74) is 1.57. The molecule has 0 aliphatic heterocycles. The Morgan fingerprint density at radius 1 is 1.73 bits per heavy atom. The minimum atomic E-state index is -0.584. The maximum Gasteiger partial charge on any atom is 0.152 e. The van der Waals surface area contributed by atoms with Crippen molar-refractivity contribution in [3.63, 3.8) is 0 Å². The Morgan fingerprint density at radius 2 is 2.45 bits per heavy atom. The Kier molecular flexibility index (Phi) is 2.18. The lowest BCUT2D eigenvalue weighted by Gasteiger charge is -2.01. The number of halogens is 1. The fourth-order valence-electron chi connectivity index (χ4n) is 0.673. The summed E-state index contributed by atoms with van der Waals surface area (Å²) in [6.45, 7) is 0. The smallest absolute Gasteiger partial charge is 0.152 e. The molecule has 0 heterocycles. The van der Waals surface area contributed by atoms with E-state index in [0.717, 1.165) is 6.07 Å². The average Bonchev–Trinajstić information content (AvgIpc) is 2.04. The number of hydrogen-bond acceptors (Lipinski definition) is 2. The van der Waals surface area contributed by atoms with E-state index in [4.69, 9.17) is 10.6 Å². The van der Waals surface area contributed by atoms with Crippen molar-refractivity contribution in [3.8, 4) is 0 Å². The van der Waals surface area contributed by atoms with Crippen molar-refractivity contribution in [1.82, 2.24) is 5.48 Å². The predicted molar refractivity (Wildman–Crippen MR) is 37.0 cm³/mol. The standard InChI is InChI=1S/C7H6FN2O/c8-6-4-2-1-3-5(6)7(9)10-11/h1,3-4,11H,(H2,9,10). The first kappa shape index (κ1) is 7.68. The molecule has 1 rings (SSSR count). The average molecular weight is 153 g/mol. The van der Waals surface area contributed by atoms with E-state index in [1.807, 2.05) is 0 Å². The molecule has 0 aromatic heterocycles. The minimum absolute atomic E-state index is 0.0197. The van der Waals surface area contributed by atoms with Crippen molar-refractivity contribution in [2.75, 3.05) is 0 Å². The molecule has 0 spiro atoms. The van der Waals surface area contributed by atoms with Gasteiger partial charge in [0, 0.05) is 0 Å². The molecule has 0 fully saturated rings. The molecule has 0 bridgehead atoms. The van der Waals surface area contributed by atoms with E-state index < -0.39 is 5.82 Å². The summed E-state index contributed by atoms with van der Waals surface area (Å²) in [4.78, 5) is 0. The molecular weight excluding hydrogens is 147 g/mol. The van der Waals surface area contributed by atoms with Crippen LogP contribution in [0.3, 0.4) is 0 Å². The van der Waals surface area contributed by atoms with Gasteiger partial charge in [-0.3, -0.25) is 16.1 Å². The van der Waals surface area contributed by atoms with Crippen molar-refractivity contribution >= 4 is 5.84 Å². The number of hydrogen-bond donors (Lipinski definition) is 3. The molecule has 1 aromatic rings. The zero-order valence-corrected chi connectivity index (χ0v) is 5.56. The summed E-state index contributed by atoms with van der Waals surface area (Å²) in [6.07, 6.45) is 0. The highest BCUT2D eigenvalue weighted by molar-refractivity contribution is 5.95. The van der Waals surface area contributed by atoms with Gasteiger partial charge in [-0.2, -0.15) is 0 Å². The Balaban J connectivity index is 3.03. The van der Waals surface area contributed by atoms with Crippen LogP contribution in [0.1, 0.15) is 5.56 Å². The predicted octanol–water partition coefficient (Wildman–Crippen LogP) is 0.930. The SMILES string of the molecule is N=C(NO)c1cc[c]cc1F. The second-order valence-electron chi connectivity index (χ2n) is 1.89. The van der Waals surface area contributed by atoms with Crippen molar-refractivity contribution in [2.24, 2.45) is 0 Å². The molecule has 3 N–H and O–H groups in total. The Labute approximate surface area is 62.9 Å². The van der Waals surface area contributed by atoms with Gasteiger partial charge >= 0.3 is 0 Å². The molecule has 0 atom stereocenters. The molecule has 57 valence electrons. The number of rotatable bonds is 1. The van der Waals surface area contributed by atoms with Crippen LogP contribution in [0, 0.1) is 17.3 Å². The highest BCUT2D eigenvalue weighted by Gasteiger charge is 2.04. The molecule has 0 aliphatic carbocycles. The van der Waals surface area contributed by atoms with Crippen LogP contribution in [-0.4, -0.2) is 11.0 Å². The van der Waals surface area contributed by atoms with Gasteiger partial charge in [0.1, 0.15) is 5.82 Å². The number of benzene rings is 1. The Hall–Kier alpha value is -1.42. The molecule has 4 heteroatoms. The lowest BCUT2D eigenvalue weighted by molar-refractivity contribution is 0.234. The topological polar surface area (TPSA) is 56.1 Å². The van der Waals surface area contributed by atoms with Crippen LogP contribution in [0.5, 0.6) is 0 Å². The van der Waals surface area contributed by atoms with E-state index in [0.29, 0.717) is 0 Å². The van der Waals surface area contributed by atoms with E-state index in [1.165, 1.54) is 12.1 Å². The number of nitrogens with one attached hydrogen (secondary N) is 2. The molecule has 0 amide bonds. The van der Waals surface area contributed by atoms with Crippen LogP contribution >= 0.6 is 0 Å². The first-order valence-corrected chi connectivity index (χ1v) is 2.90. The van der Waals surface area contributed by atoms with Gasteiger partial charge in [0.25, 0.3) is 0 Å². The zero-order chi connectivity index (χ0) is 8.27. The van der Waals surface area contributed by atoms with Crippen LogP contribution in [-0.2, 0) is 0 Å². The molecular formula is C7H6FN2O. The van der Waals surface area contributed by atoms with Crippen LogP contribution in [0.25, 0.3) is 0 Å². The molecule has 11 heavy (non-hydrogen) atoms. The fourth-order valence-corrected chi connectivity index (χ4v) is 0.673. The molecule has 3 nitrogen and oxygen atoms in total. The van der Waals surface area contributed by atoms with Gasteiger partial charge in [0.05, 0.1) is 5.56 Å². The first-order valence-electron chi connectivity index (χ1n) is 2.90. The summed E-state index contributed by atoms with van der Waals surface area (Å²) in [7, 11) is 0. The second-order valence-corrected chi connectivity index (χ2v) is 1.89. The zero-order valence-electron chi connectivity index (χ0n) is 5.56. The number of amidine groups is 1. The van der Waals surface area contributed by atoms with E-state index in [9.17, 15) is 4.39 Å². The summed E-state index contributed by atoms with van der Waals surface area (Å²) < 4.78 is 12.7. The van der Waals surface area contributed by atoms with Gasteiger partial charge in [-0.1, -0.05) is 6.07 Å². The van der Waals surface area contributed by atoms with E-state index >= 15 is 0 Å². The normalized spacial score (nSPS) is 9.27. The highest BCUT2D eigenvalue weighted by atomic mass is 19.1. The largest absolute Gasteiger partial charge is 0.290 e. The lowest BCUT2D eigenvalue weighted by atomic mass is 10.2. The van der Waals surface area contributed by atoms with Crippen LogP contribution < -0.4 is 5.48 Å². The fraction of sp³-hybridized carbons (Fsp3) is 0. The summed E-state index contributed by atoms with van der Waals surface area (Å²) in [5, 5.41) is 15.3. The first-order chi connectivity index (χ1) is 5.25. The Morgan fingerprint density at radius 3 is 3.00 bits per heavy atom. The number of hydroxylamine groups is 1. The van der Waals surface area contributed by atoms with Crippen molar-refractivity contribution in [1.29, 1.82) is 5.41 Å². The molecule has 1 radical (unpaired) electrons. The third kappa shape index (κ3) is 1.53. The third-order valence-electron chi connectivity index (χ3n) is 1.19. The monoisotopic (exact) mass is 153 g/mol.